The molecule has 2 unspecified atom stereocenters. The molecule has 2 aliphatic rings. The number of hydrogen-bond acceptors (Lipinski definition) is 3. The molecule has 5 nitrogen and oxygen atoms in total. The number of allylic oxidation sites excluding steroid dienone is 12. The maximum atomic E-state index is 6.95. The van der Waals surface area contributed by atoms with E-state index < -0.39 is 6.17 Å². The number of furan rings is 1. The Balaban J connectivity index is 0.000000916. The first kappa shape index (κ1) is 40.6. The number of rotatable bonds is 8. The van der Waals surface area contributed by atoms with Gasteiger partial charge in [0.15, 0.2) is 0 Å². The fourth-order valence-electron chi connectivity index (χ4n) is 9.91. The van der Waals surface area contributed by atoms with E-state index in [4.69, 9.17) is 10.2 Å². The Morgan fingerprint density at radius 1 is 0.682 bits per heavy atom. The summed E-state index contributed by atoms with van der Waals surface area (Å²) in [6.45, 7) is 5.42. The van der Waals surface area contributed by atoms with Crippen LogP contribution in [0.3, 0.4) is 0 Å². The van der Waals surface area contributed by atoms with Crippen LogP contribution in [0.25, 0.3) is 88.1 Å². The summed E-state index contributed by atoms with van der Waals surface area (Å²) in [6.07, 6.45) is 24.4. The van der Waals surface area contributed by atoms with Crippen molar-refractivity contribution in [1.29, 1.82) is 0 Å². The highest BCUT2D eigenvalue weighted by molar-refractivity contribution is 6.24. The number of para-hydroxylation sites is 2. The average Bonchev–Trinajstić information content (AvgIpc) is 4.04. The third kappa shape index (κ3) is 7.20. The van der Waals surface area contributed by atoms with Crippen LogP contribution in [0, 0.1) is 0 Å². The first-order valence-electron chi connectivity index (χ1n) is 22.8. The number of nitrogens with one attached hydrogen (secondary N) is 1. The molecule has 7 aromatic carbocycles. The van der Waals surface area contributed by atoms with Crippen LogP contribution in [-0.2, 0) is 0 Å². The van der Waals surface area contributed by atoms with Gasteiger partial charge in [-0.05, 0) is 108 Å². The van der Waals surface area contributed by atoms with E-state index >= 15 is 0 Å². The van der Waals surface area contributed by atoms with Gasteiger partial charge in [-0.1, -0.05) is 164 Å². The van der Waals surface area contributed by atoms with Crippen LogP contribution in [0.1, 0.15) is 43.1 Å². The van der Waals surface area contributed by atoms with E-state index in [0.717, 1.165) is 84.7 Å². The molecule has 0 amide bonds. The molecule has 10 aromatic rings. The standard InChI is InChI=1S/C56H42N4O.C5H8/c57-56(58-54(36-14-4-1-5-15-36)37-16-6-2-7-17-37)38-24-28-42(29-25-38)60-50-32-27-40(35-47(50)53-51(60)33-30-45-44-21-11-13-23-52(44)61-55(45)53)39-26-31-49-46(34-39)43-20-10-12-22-48(43)59(49)41-18-8-3-9-19-41;1-3-5-4-2/h1-16,18,20-35,41,56,58H,17,19,57H2;3-5H,1H2,2H3/b54-37-;5-4-. The van der Waals surface area contributed by atoms with Crippen LogP contribution in [0.4, 0.5) is 0 Å². The van der Waals surface area contributed by atoms with E-state index in [0.29, 0.717) is 0 Å². The highest BCUT2D eigenvalue weighted by atomic mass is 16.3. The maximum Gasteiger partial charge on any atom is 0.145 e. The fourth-order valence-corrected chi connectivity index (χ4v) is 9.91. The van der Waals surface area contributed by atoms with E-state index in [2.05, 4.69) is 209 Å². The molecule has 66 heavy (non-hydrogen) atoms. The third-order valence-corrected chi connectivity index (χ3v) is 13.0. The van der Waals surface area contributed by atoms with Gasteiger partial charge < -0.3 is 24.6 Å². The second kappa shape index (κ2) is 17.5. The minimum Gasteiger partial charge on any atom is -0.455 e. The van der Waals surface area contributed by atoms with E-state index in [-0.39, 0.29) is 6.04 Å². The Labute approximate surface area is 384 Å². The lowest BCUT2D eigenvalue weighted by molar-refractivity contribution is 0.648. The van der Waals surface area contributed by atoms with Crippen molar-refractivity contribution in [2.45, 2.75) is 32.0 Å². The van der Waals surface area contributed by atoms with Gasteiger partial charge >= 0.3 is 0 Å². The Morgan fingerprint density at radius 3 is 2.14 bits per heavy atom. The zero-order chi connectivity index (χ0) is 44.6. The number of hydrogen-bond donors (Lipinski definition) is 2. The minimum atomic E-state index is -0.408. The van der Waals surface area contributed by atoms with Gasteiger partial charge in [0.1, 0.15) is 17.3 Å². The highest BCUT2D eigenvalue weighted by Gasteiger charge is 2.22. The number of nitrogens with zero attached hydrogens (tertiary/aromatic N) is 2. The van der Waals surface area contributed by atoms with Crippen LogP contribution < -0.4 is 11.1 Å². The second-order valence-electron chi connectivity index (χ2n) is 17.0. The molecule has 320 valence electrons. The van der Waals surface area contributed by atoms with Crippen molar-refractivity contribution in [3.05, 3.63) is 242 Å². The van der Waals surface area contributed by atoms with E-state index in [1.54, 1.807) is 6.08 Å². The van der Waals surface area contributed by atoms with Gasteiger partial charge in [0, 0.05) is 49.3 Å². The molecule has 0 saturated carbocycles. The zero-order valence-electron chi connectivity index (χ0n) is 36.9. The summed E-state index contributed by atoms with van der Waals surface area (Å²) >= 11 is 0. The molecule has 12 rings (SSSR count). The Kier molecular flexibility index (Phi) is 10.7. The second-order valence-corrected chi connectivity index (χ2v) is 17.0. The smallest absolute Gasteiger partial charge is 0.145 e. The number of benzene rings is 7. The van der Waals surface area contributed by atoms with Gasteiger partial charge in [0.25, 0.3) is 0 Å². The van der Waals surface area contributed by atoms with Crippen molar-refractivity contribution in [2.24, 2.45) is 5.73 Å². The van der Waals surface area contributed by atoms with Gasteiger partial charge in [0.05, 0.1) is 22.5 Å². The van der Waals surface area contributed by atoms with Crippen LogP contribution in [0.15, 0.2) is 235 Å². The minimum absolute atomic E-state index is 0.286. The van der Waals surface area contributed by atoms with E-state index in [1.807, 2.05) is 31.2 Å². The molecule has 3 aromatic heterocycles. The van der Waals surface area contributed by atoms with E-state index in [9.17, 15) is 0 Å². The SMILES string of the molecule is C=C/C=C\C.NC(N/C(=C1/C=CC=CC1)c1ccccc1)c1ccc(-n2c3ccc(-c4ccc5c(c4)c4ccccc4n5C4C=CC=CC4)cc3c3c4oc5ccccc5c4ccc32)cc1. The Bertz CT molecular complexity index is 3660. The predicted octanol–water partition coefficient (Wildman–Crippen LogP) is 15.7. The summed E-state index contributed by atoms with van der Waals surface area (Å²) in [5.74, 6) is 0. The molecule has 3 heterocycles. The number of fused-ring (bicyclic) bond motifs is 10. The summed E-state index contributed by atoms with van der Waals surface area (Å²) in [4.78, 5) is 0. The molecule has 0 aliphatic heterocycles. The first-order chi connectivity index (χ1) is 32.6. The lowest BCUT2D eigenvalue weighted by atomic mass is 10.00. The third-order valence-electron chi connectivity index (χ3n) is 13.0. The molecule has 3 N–H and O–H groups in total. The van der Waals surface area contributed by atoms with Crippen LogP contribution >= 0.6 is 0 Å². The zero-order valence-corrected chi connectivity index (χ0v) is 36.9. The summed E-state index contributed by atoms with van der Waals surface area (Å²) in [5, 5.41) is 10.7. The number of aromatic nitrogens is 2. The van der Waals surface area contributed by atoms with Crippen molar-refractivity contribution in [1.82, 2.24) is 14.5 Å². The summed E-state index contributed by atoms with van der Waals surface area (Å²) in [6, 6.07) is 54.9. The lowest BCUT2D eigenvalue weighted by Gasteiger charge is -2.22. The molecular weight excluding hydrogens is 805 g/mol. The summed E-state index contributed by atoms with van der Waals surface area (Å²) < 4.78 is 11.6. The molecule has 2 aliphatic carbocycles. The van der Waals surface area contributed by atoms with Crippen LogP contribution in [0.5, 0.6) is 0 Å². The largest absolute Gasteiger partial charge is 0.455 e. The molecule has 0 spiro atoms. The van der Waals surface area contributed by atoms with Gasteiger partial charge in [-0.15, -0.1) is 0 Å². The molecular formula is C61H50N4O. The average molecular weight is 855 g/mol. The molecule has 0 radical (unpaired) electrons. The number of nitrogens with two attached hydrogens (primary N) is 1. The Hall–Kier alpha value is -8.12. The van der Waals surface area contributed by atoms with Crippen LogP contribution in [0.2, 0.25) is 0 Å². The van der Waals surface area contributed by atoms with Gasteiger partial charge in [-0.3, -0.25) is 0 Å². The maximum absolute atomic E-state index is 6.95. The normalized spacial score (nSPS) is 15.9. The van der Waals surface area contributed by atoms with Crippen molar-refractivity contribution in [3.63, 3.8) is 0 Å². The van der Waals surface area contributed by atoms with Gasteiger partial charge in [-0.25, -0.2) is 0 Å². The summed E-state index contributed by atoms with van der Waals surface area (Å²) in [5.41, 5.74) is 21.3. The fraction of sp³-hybridized carbons (Fsp3) is 0.0820. The molecule has 0 bridgehead atoms. The molecule has 0 saturated heterocycles. The molecule has 0 fully saturated rings. The van der Waals surface area contributed by atoms with Gasteiger partial charge in [-0.2, -0.15) is 0 Å². The summed E-state index contributed by atoms with van der Waals surface area (Å²) in [7, 11) is 0. The van der Waals surface area contributed by atoms with Crippen LogP contribution in [-0.4, -0.2) is 9.13 Å². The van der Waals surface area contributed by atoms with Crippen molar-refractivity contribution < 1.29 is 4.42 Å². The van der Waals surface area contributed by atoms with Gasteiger partial charge in [0.2, 0.25) is 0 Å². The highest BCUT2D eigenvalue weighted by Crippen LogP contribution is 2.43. The topological polar surface area (TPSA) is 61.0 Å². The Morgan fingerprint density at radius 2 is 1.39 bits per heavy atom. The van der Waals surface area contributed by atoms with Crippen molar-refractivity contribution >= 4 is 71.2 Å². The monoisotopic (exact) mass is 854 g/mol. The predicted molar refractivity (Wildman–Crippen MR) is 280 cm³/mol. The molecule has 5 heteroatoms. The quantitative estimate of drug-likeness (QED) is 0.118. The van der Waals surface area contributed by atoms with Crippen molar-refractivity contribution in [2.75, 3.05) is 0 Å². The first-order valence-corrected chi connectivity index (χ1v) is 22.8. The van der Waals surface area contributed by atoms with E-state index in [1.165, 1.54) is 32.9 Å². The lowest BCUT2D eigenvalue weighted by Crippen LogP contribution is -2.28. The molecule has 2 atom stereocenters. The van der Waals surface area contributed by atoms with Crippen molar-refractivity contribution in [3.8, 4) is 16.8 Å².